The average molecular weight is 519 g/mol. The molecule has 0 spiro atoms. The molecule has 0 saturated heterocycles. The zero-order chi connectivity index (χ0) is 26.9. The fraction of sp³-hybridized carbons (Fsp3) is 0.353. The molecule has 1 aliphatic carbocycles. The van der Waals surface area contributed by atoms with E-state index in [1.54, 1.807) is 36.4 Å². The van der Waals surface area contributed by atoms with Crippen LogP contribution in [-0.2, 0) is 0 Å². The maximum atomic E-state index is 15.0. The Morgan fingerprint density at radius 2 is 1.50 bits per heavy atom. The molecule has 1 atom stereocenters. The molecule has 0 fully saturated rings. The summed E-state index contributed by atoms with van der Waals surface area (Å²) in [6, 6.07) is 15.4. The van der Waals surface area contributed by atoms with Gasteiger partial charge in [0.2, 0.25) is 5.82 Å². The summed E-state index contributed by atoms with van der Waals surface area (Å²) in [7, 11) is 0. The molecule has 0 heterocycles. The Bertz CT molecular complexity index is 1260. The second-order valence-corrected chi connectivity index (χ2v) is 10.1. The van der Waals surface area contributed by atoms with Crippen LogP contribution in [0.25, 0.3) is 27.8 Å². The Morgan fingerprint density at radius 3 is 2.18 bits per heavy atom. The summed E-state index contributed by atoms with van der Waals surface area (Å²) >= 11 is 0. The lowest BCUT2D eigenvalue weighted by Gasteiger charge is -2.19. The van der Waals surface area contributed by atoms with Gasteiger partial charge in [0.15, 0.2) is 11.6 Å². The van der Waals surface area contributed by atoms with Crippen molar-refractivity contribution in [2.45, 2.75) is 64.7 Å². The Labute approximate surface area is 225 Å². The molecular formula is C34H37F3O. The maximum Gasteiger partial charge on any atom is 0.201 e. The van der Waals surface area contributed by atoms with Gasteiger partial charge in [-0.15, -0.1) is 6.58 Å². The fourth-order valence-electron chi connectivity index (χ4n) is 5.04. The number of ether oxygens (including phenoxy) is 1. The third-order valence-corrected chi connectivity index (χ3v) is 7.43. The molecule has 1 nitrogen and oxygen atoms in total. The van der Waals surface area contributed by atoms with Crippen molar-refractivity contribution in [3.8, 4) is 28.0 Å². The summed E-state index contributed by atoms with van der Waals surface area (Å²) in [6.07, 6.45) is 13.4. The van der Waals surface area contributed by atoms with E-state index >= 15 is 0 Å². The lowest BCUT2D eigenvalue weighted by Crippen LogP contribution is -2.03. The second kappa shape index (κ2) is 13.5. The minimum atomic E-state index is -0.966. The quantitative estimate of drug-likeness (QED) is 0.171. The van der Waals surface area contributed by atoms with E-state index in [1.165, 1.54) is 25.3 Å². The molecule has 0 amide bonds. The van der Waals surface area contributed by atoms with Crippen LogP contribution in [0.2, 0.25) is 0 Å². The first-order chi connectivity index (χ1) is 18.5. The lowest BCUT2D eigenvalue weighted by atomic mass is 9.86. The van der Waals surface area contributed by atoms with Crippen molar-refractivity contribution in [3.63, 3.8) is 0 Å². The third kappa shape index (κ3) is 6.78. The highest BCUT2D eigenvalue weighted by molar-refractivity contribution is 5.74. The third-order valence-electron chi connectivity index (χ3n) is 7.43. The van der Waals surface area contributed by atoms with Crippen molar-refractivity contribution >= 4 is 5.57 Å². The summed E-state index contributed by atoms with van der Waals surface area (Å²) in [4.78, 5) is 0. The van der Waals surface area contributed by atoms with E-state index < -0.39 is 11.6 Å². The summed E-state index contributed by atoms with van der Waals surface area (Å²) < 4.78 is 50.1. The molecule has 0 saturated carbocycles. The predicted octanol–water partition coefficient (Wildman–Crippen LogP) is 10.5. The molecule has 0 N–H and O–H groups in total. The normalized spacial score (nSPS) is 15.3. The molecular weight excluding hydrogens is 481 g/mol. The summed E-state index contributed by atoms with van der Waals surface area (Å²) in [6.45, 7) is 6.40. The van der Waals surface area contributed by atoms with Gasteiger partial charge in [0, 0.05) is 11.1 Å². The molecule has 1 unspecified atom stereocenters. The van der Waals surface area contributed by atoms with E-state index in [9.17, 15) is 13.2 Å². The van der Waals surface area contributed by atoms with Crippen LogP contribution in [0.15, 0.2) is 73.3 Å². The van der Waals surface area contributed by atoms with Crippen LogP contribution in [0.4, 0.5) is 13.2 Å². The lowest BCUT2D eigenvalue weighted by molar-refractivity contribution is 0.285. The highest BCUT2D eigenvalue weighted by atomic mass is 19.2. The summed E-state index contributed by atoms with van der Waals surface area (Å²) in [5.41, 5.74) is 3.95. The zero-order valence-electron chi connectivity index (χ0n) is 22.2. The molecule has 0 aromatic heterocycles. The van der Waals surface area contributed by atoms with Crippen LogP contribution in [0.3, 0.4) is 0 Å². The molecule has 0 radical (unpaired) electrons. The molecule has 38 heavy (non-hydrogen) atoms. The highest BCUT2D eigenvalue weighted by Gasteiger charge is 2.18. The van der Waals surface area contributed by atoms with Gasteiger partial charge in [-0.25, -0.2) is 8.78 Å². The smallest absolute Gasteiger partial charge is 0.201 e. The number of unbranched alkanes of at least 4 members (excludes halogenated alkanes) is 5. The van der Waals surface area contributed by atoms with E-state index in [-0.39, 0.29) is 17.1 Å². The first kappa shape index (κ1) is 27.8. The van der Waals surface area contributed by atoms with Crippen molar-refractivity contribution in [2.24, 2.45) is 5.92 Å². The standard InChI is InChI=1S/C34H37F3O/c1-3-5-6-7-8-9-22-38-32-21-20-30(33(36)34(32)37)27-16-14-25(15-17-27)28-18-19-29(31(35)23-28)26-12-10-24(4-2)11-13-26/h4,12,14-21,23-24H,2-3,5-11,13,22H2,1H3. The number of hydrogen-bond acceptors (Lipinski definition) is 1. The minimum absolute atomic E-state index is 0.0555. The SMILES string of the molecule is C=CC1CC=C(c2ccc(-c3ccc(-c4ccc(OCCCCCCCC)c(F)c4F)cc3)cc2F)CC1. The van der Waals surface area contributed by atoms with Gasteiger partial charge in [0.25, 0.3) is 0 Å². The molecule has 3 aromatic carbocycles. The number of benzene rings is 3. The van der Waals surface area contributed by atoms with Crippen molar-refractivity contribution in [1.29, 1.82) is 0 Å². The Hall–Kier alpha value is -3.27. The molecule has 3 aromatic rings. The van der Waals surface area contributed by atoms with E-state index in [1.807, 2.05) is 18.2 Å². The Kier molecular flexibility index (Phi) is 9.86. The Morgan fingerprint density at radius 1 is 0.816 bits per heavy atom. The highest BCUT2D eigenvalue weighted by Crippen LogP contribution is 2.35. The van der Waals surface area contributed by atoms with Gasteiger partial charge in [0.05, 0.1) is 6.61 Å². The first-order valence-electron chi connectivity index (χ1n) is 13.8. The van der Waals surface area contributed by atoms with Gasteiger partial charge in [-0.3, -0.25) is 0 Å². The van der Waals surface area contributed by atoms with Crippen LogP contribution < -0.4 is 4.74 Å². The van der Waals surface area contributed by atoms with Crippen molar-refractivity contribution in [2.75, 3.05) is 6.61 Å². The molecule has 0 bridgehead atoms. The number of halogens is 3. The van der Waals surface area contributed by atoms with Gasteiger partial charge in [-0.1, -0.05) is 87.6 Å². The van der Waals surface area contributed by atoms with Gasteiger partial charge in [0.1, 0.15) is 5.82 Å². The zero-order valence-corrected chi connectivity index (χ0v) is 22.2. The molecule has 200 valence electrons. The van der Waals surface area contributed by atoms with E-state index in [4.69, 9.17) is 4.74 Å². The molecule has 1 aliphatic rings. The maximum absolute atomic E-state index is 15.0. The average Bonchev–Trinajstić information content (AvgIpc) is 2.95. The molecule has 0 aliphatic heterocycles. The monoisotopic (exact) mass is 518 g/mol. The topological polar surface area (TPSA) is 9.23 Å². The molecule has 4 rings (SSSR count). The van der Waals surface area contributed by atoms with Crippen LogP contribution in [0, 0.1) is 23.4 Å². The van der Waals surface area contributed by atoms with Crippen molar-refractivity contribution in [1.82, 2.24) is 0 Å². The fourth-order valence-corrected chi connectivity index (χ4v) is 5.04. The van der Waals surface area contributed by atoms with Crippen LogP contribution in [-0.4, -0.2) is 6.61 Å². The second-order valence-electron chi connectivity index (χ2n) is 10.1. The van der Waals surface area contributed by atoms with Crippen LogP contribution in [0.1, 0.15) is 70.3 Å². The first-order valence-corrected chi connectivity index (χ1v) is 13.8. The van der Waals surface area contributed by atoms with Gasteiger partial charge >= 0.3 is 0 Å². The molecule has 4 heteroatoms. The number of hydrogen-bond donors (Lipinski definition) is 0. The van der Waals surface area contributed by atoms with E-state index in [0.29, 0.717) is 23.7 Å². The summed E-state index contributed by atoms with van der Waals surface area (Å²) in [5, 5.41) is 0. The van der Waals surface area contributed by atoms with Crippen molar-refractivity contribution in [3.05, 3.63) is 96.3 Å². The largest absolute Gasteiger partial charge is 0.490 e. The van der Waals surface area contributed by atoms with Gasteiger partial charge < -0.3 is 4.74 Å². The number of allylic oxidation sites excluding steroid dienone is 3. The van der Waals surface area contributed by atoms with E-state index in [0.717, 1.165) is 55.2 Å². The predicted molar refractivity (Wildman–Crippen MR) is 152 cm³/mol. The Balaban J connectivity index is 1.41. The van der Waals surface area contributed by atoms with E-state index in [2.05, 4.69) is 19.6 Å². The summed E-state index contributed by atoms with van der Waals surface area (Å²) in [5.74, 6) is -1.73. The number of rotatable bonds is 12. The van der Waals surface area contributed by atoms with Crippen LogP contribution >= 0.6 is 0 Å². The van der Waals surface area contributed by atoms with Gasteiger partial charge in [-0.2, -0.15) is 4.39 Å². The van der Waals surface area contributed by atoms with Crippen LogP contribution in [0.5, 0.6) is 5.75 Å². The van der Waals surface area contributed by atoms with Gasteiger partial charge in [-0.05, 0) is 72.1 Å². The minimum Gasteiger partial charge on any atom is -0.490 e. The van der Waals surface area contributed by atoms with Crippen molar-refractivity contribution < 1.29 is 17.9 Å².